The molecule has 0 atom stereocenters. The molecule has 0 radical (unpaired) electrons. The summed E-state index contributed by atoms with van der Waals surface area (Å²) >= 11 is 0. The topological polar surface area (TPSA) is 84.9 Å². The van der Waals surface area contributed by atoms with E-state index in [-0.39, 0.29) is 16.9 Å². The number of sulfonamides is 1. The number of carbonyl (C=O) groups is 1. The van der Waals surface area contributed by atoms with Crippen LogP contribution in [0, 0.1) is 6.92 Å². The summed E-state index contributed by atoms with van der Waals surface area (Å²) in [4.78, 5) is 12.9. The zero-order valence-electron chi connectivity index (χ0n) is 17.6. The Bertz CT molecular complexity index is 981. The lowest BCUT2D eigenvalue weighted by Crippen LogP contribution is -2.40. The van der Waals surface area contributed by atoms with Crippen molar-refractivity contribution in [3.63, 3.8) is 0 Å². The SMILES string of the molecule is Cc1ccc(S(=O)(=O)N2CCOCC2)cc1C(=O)NCc1ccc(OC(C)C)cc1. The van der Waals surface area contributed by atoms with Crippen LogP contribution in [0.2, 0.25) is 0 Å². The van der Waals surface area contributed by atoms with E-state index < -0.39 is 10.0 Å². The van der Waals surface area contributed by atoms with Gasteiger partial charge in [-0.25, -0.2) is 8.42 Å². The van der Waals surface area contributed by atoms with Gasteiger partial charge in [0.25, 0.3) is 5.91 Å². The van der Waals surface area contributed by atoms with E-state index in [9.17, 15) is 13.2 Å². The van der Waals surface area contributed by atoms with Gasteiger partial charge in [-0.2, -0.15) is 4.31 Å². The number of rotatable bonds is 7. The van der Waals surface area contributed by atoms with Crippen LogP contribution in [-0.4, -0.2) is 51.0 Å². The van der Waals surface area contributed by atoms with Crippen LogP contribution >= 0.6 is 0 Å². The molecule has 1 N–H and O–H groups in total. The molecular formula is C22H28N2O5S. The second-order valence-corrected chi connectivity index (χ2v) is 9.42. The number of hydrogen-bond acceptors (Lipinski definition) is 5. The highest BCUT2D eigenvalue weighted by Gasteiger charge is 2.27. The Kier molecular flexibility index (Phi) is 7.12. The molecule has 1 aliphatic rings. The molecule has 1 heterocycles. The zero-order valence-corrected chi connectivity index (χ0v) is 18.4. The second-order valence-electron chi connectivity index (χ2n) is 7.49. The Balaban J connectivity index is 1.70. The van der Waals surface area contributed by atoms with Crippen molar-refractivity contribution in [2.24, 2.45) is 0 Å². The molecule has 162 valence electrons. The normalized spacial score (nSPS) is 15.2. The fourth-order valence-corrected chi connectivity index (χ4v) is 4.61. The van der Waals surface area contributed by atoms with Crippen molar-refractivity contribution in [2.75, 3.05) is 26.3 Å². The molecule has 8 heteroatoms. The van der Waals surface area contributed by atoms with Crippen molar-refractivity contribution in [1.29, 1.82) is 0 Å². The first-order valence-corrected chi connectivity index (χ1v) is 11.4. The zero-order chi connectivity index (χ0) is 21.7. The summed E-state index contributed by atoms with van der Waals surface area (Å²) in [6, 6.07) is 12.2. The van der Waals surface area contributed by atoms with E-state index in [1.165, 1.54) is 10.4 Å². The number of hydrogen-bond donors (Lipinski definition) is 1. The number of nitrogens with one attached hydrogen (secondary N) is 1. The van der Waals surface area contributed by atoms with Crippen LogP contribution in [0.4, 0.5) is 0 Å². The lowest BCUT2D eigenvalue weighted by atomic mass is 10.1. The Morgan fingerprint density at radius 3 is 2.43 bits per heavy atom. The van der Waals surface area contributed by atoms with E-state index >= 15 is 0 Å². The van der Waals surface area contributed by atoms with Gasteiger partial charge in [-0.1, -0.05) is 18.2 Å². The number of morpholine rings is 1. The Morgan fingerprint density at radius 2 is 1.80 bits per heavy atom. The van der Waals surface area contributed by atoms with E-state index in [2.05, 4.69) is 5.32 Å². The number of carbonyl (C=O) groups excluding carboxylic acids is 1. The van der Waals surface area contributed by atoms with Gasteiger partial charge >= 0.3 is 0 Å². The first kappa shape index (κ1) is 22.3. The average Bonchev–Trinajstić information content (AvgIpc) is 2.73. The third-order valence-corrected chi connectivity index (χ3v) is 6.70. The van der Waals surface area contributed by atoms with Crippen LogP contribution in [0.15, 0.2) is 47.4 Å². The summed E-state index contributed by atoms with van der Waals surface area (Å²) in [5, 5.41) is 2.87. The molecule has 2 aromatic rings. The minimum atomic E-state index is -3.66. The summed E-state index contributed by atoms with van der Waals surface area (Å²) < 4.78 is 38.0. The maximum absolute atomic E-state index is 12.9. The van der Waals surface area contributed by atoms with Crippen molar-refractivity contribution in [1.82, 2.24) is 9.62 Å². The van der Waals surface area contributed by atoms with Crippen LogP contribution < -0.4 is 10.1 Å². The van der Waals surface area contributed by atoms with Crippen molar-refractivity contribution < 1.29 is 22.7 Å². The molecule has 0 bridgehead atoms. The summed E-state index contributed by atoms with van der Waals surface area (Å²) in [7, 11) is -3.66. The van der Waals surface area contributed by atoms with E-state index in [0.717, 1.165) is 11.3 Å². The van der Waals surface area contributed by atoms with Gasteiger partial charge in [0.15, 0.2) is 0 Å². The molecule has 1 aliphatic heterocycles. The number of nitrogens with zero attached hydrogens (tertiary/aromatic N) is 1. The molecule has 0 unspecified atom stereocenters. The average molecular weight is 433 g/mol. The van der Waals surface area contributed by atoms with Crippen molar-refractivity contribution in [2.45, 2.75) is 38.3 Å². The van der Waals surface area contributed by atoms with Crippen molar-refractivity contribution in [3.05, 3.63) is 59.2 Å². The Hall–Kier alpha value is -2.42. The highest BCUT2D eigenvalue weighted by molar-refractivity contribution is 7.89. The highest BCUT2D eigenvalue weighted by atomic mass is 32.2. The molecule has 1 fully saturated rings. The van der Waals surface area contributed by atoms with E-state index in [4.69, 9.17) is 9.47 Å². The van der Waals surface area contributed by atoms with Gasteiger partial charge in [-0.15, -0.1) is 0 Å². The molecule has 0 saturated carbocycles. The fraction of sp³-hybridized carbons (Fsp3) is 0.409. The third kappa shape index (κ3) is 5.38. The molecule has 1 saturated heterocycles. The van der Waals surface area contributed by atoms with Crippen LogP contribution in [0.5, 0.6) is 5.75 Å². The summed E-state index contributed by atoms with van der Waals surface area (Å²) in [6.45, 7) is 7.42. The second kappa shape index (κ2) is 9.59. The van der Waals surface area contributed by atoms with Crippen LogP contribution in [0.25, 0.3) is 0 Å². The first-order chi connectivity index (χ1) is 14.3. The molecular weight excluding hydrogens is 404 g/mol. The largest absolute Gasteiger partial charge is 0.491 e. The lowest BCUT2D eigenvalue weighted by molar-refractivity contribution is 0.0730. The third-order valence-electron chi connectivity index (χ3n) is 4.81. The van der Waals surface area contributed by atoms with Gasteiger partial charge in [0.1, 0.15) is 5.75 Å². The maximum Gasteiger partial charge on any atom is 0.251 e. The number of ether oxygens (including phenoxy) is 2. The van der Waals surface area contributed by atoms with Crippen LogP contribution in [-0.2, 0) is 21.3 Å². The summed E-state index contributed by atoms with van der Waals surface area (Å²) in [6.07, 6.45) is 0.0968. The monoisotopic (exact) mass is 432 g/mol. The smallest absolute Gasteiger partial charge is 0.251 e. The summed E-state index contributed by atoms with van der Waals surface area (Å²) in [5.74, 6) is 0.464. The van der Waals surface area contributed by atoms with Crippen LogP contribution in [0.3, 0.4) is 0 Å². The summed E-state index contributed by atoms with van der Waals surface area (Å²) in [5.41, 5.74) is 1.99. The Morgan fingerprint density at radius 1 is 1.13 bits per heavy atom. The molecule has 0 spiro atoms. The highest BCUT2D eigenvalue weighted by Crippen LogP contribution is 2.21. The molecule has 0 aromatic heterocycles. The minimum absolute atomic E-state index is 0.0968. The molecule has 1 amide bonds. The number of benzene rings is 2. The number of aryl methyl sites for hydroxylation is 1. The maximum atomic E-state index is 12.9. The van der Waals surface area contributed by atoms with Gasteiger partial charge in [-0.05, 0) is 56.2 Å². The van der Waals surface area contributed by atoms with Crippen LogP contribution in [0.1, 0.15) is 35.3 Å². The van der Waals surface area contributed by atoms with Gasteiger partial charge in [0, 0.05) is 25.2 Å². The molecule has 30 heavy (non-hydrogen) atoms. The first-order valence-electron chi connectivity index (χ1n) is 9.99. The van der Waals surface area contributed by atoms with Crippen molar-refractivity contribution in [3.8, 4) is 5.75 Å². The predicted octanol–water partition coefficient (Wildman–Crippen LogP) is 2.73. The predicted molar refractivity (Wildman–Crippen MR) is 114 cm³/mol. The van der Waals surface area contributed by atoms with Gasteiger partial charge in [-0.3, -0.25) is 4.79 Å². The van der Waals surface area contributed by atoms with E-state index in [0.29, 0.717) is 44.0 Å². The Labute approximate surface area is 178 Å². The standard InChI is InChI=1S/C22H28N2O5S/c1-16(2)29-19-7-5-18(6-8-19)15-23-22(25)21-14-20(9-4-17(21)3)30(26,27)24-10-12-28-13-11-24/h4-9,14,16H,10-13,15H2,1-3H3,(H,23,25). The molecule has 3 rings (SSSR count). The van der Waals surface area contributed by atoms with E-state index in [1.807, 2.05) is 38.1 Å². The quantitative estimate of drug-likeness (QED) is 0.727. The van der Waals surface area contributed by atoms with Gasteiger partial charge in [0.2, 0.25) is 10.0 Å². The number of amides is 1. The minimum Gasteiger partial charge on any atom is -0.491 e. The molecule has 2 aromatic carbocycles. The molecule has 7 nitrogen and oxygen atoms in total. The molecule has 0 aliphatic carbocycles. The van der Waals surface area contributed by atoms with Crippen molar-refractivity contribution >= 4 is 15.9 Å². The fourth-order valence-electron chi connectivity index (χ4n) is 3.18. The van der Waals surface area contributed by atoms with Gasteiger partial charge < -0.3 is 14.8 Å². The van der Waals surface area contributed by atoms with Gasteiger partial charge in [0.05, 0.1) is 24.2 Å². The lowest BCUT2D eigenvalue weighted by Gasteiger charge is -2.26. The van der Waals surface area contributed by atoms with E-state index in [1.54, 1.807) is 19.1 Å².